The van der Waals surface area contributed by atoms with E-state index in [1.165, 1.54) is 11.0 Å². The largest absolute Gasteiger partial charge is 0.503 e. The van der Waals surface area contributed by atoms with Crippen LogP contribution < -0.4 is 0 Å². The molecule has 0 unspecified atom stereocenters. The summed E-state index contributed by atoms with van der Waals surface area (Å²) in [6.45, 7) is 1.84. The van der Waals surface area contributed by atoms with Gasteiger partial charge in [-0.1, -0.05) is 35.3 Å². The fraction of sp³-hybridized carbons (Fsp3) is 0.136. The van der Waals surface area contributed by atoms with Crippen LogP contribution in [0.15, 0.2) is 70.6 Å². The molecule has 152 valence electrons. The summed E-state index contributed by atoms with van der Waals surface area (Å²) >= 11 is 12.2. The van der Waals surface area contributed by atoms with Gasteiger partial charge in [0, 0.05) is 18.9 Å². The number of carbonyl (C=O) groups excluding carboxylic acids is 2. The second kappa shape index (κ2) is 7.97. The minimum Gasteiger partial charge on any atom is -0.503 e. The molecule has 0 spiro atoms. The Morgan fingerprint density at radius 3 is 2.63 bits per heavy atom. The lowest BCUT2D eigenvalue weighted by atomic mass is 9.95. The van der Waals surface area contributed by atoms with Gasteiger partial charge in [0.05, 0.1) is 21.7 Å². The van der Waals surface area contributed by atoms with Crippen LogP contribution in [-0.4, -0.2) is 26.7 Å². The van der Waals surface area contributed by atoms with Crippen LogP contribution in [0.5, 0.6) is 0 Å². The number of rotatable bonds is 5. The van der Waals surface area contributed by atoms with Crippen molar-refractivity contribution in [2.24, 2.45) is 0 Å². The van der Waals surface area contributed by atoms with Gasteiger partial charge in [-0.05, 0) is 48.4 Å². The van der Waals surface area contributed by atoms with Gasteiger partial charge >= 0.3 is 0 Å². The molecule has 3 aromatic rings. The van der Waals surface area contributed by atoms with Gasteiger partial charge in [-0.2, -0.15) is 0 Å². The van der Waals surface area contributed by atoms with Gasteiger partial charge < -0.3 is 14.4 Å². The Bertz CT molecular complexity index is 1170. The second-order valence-electron chi connectivity index (χ2n) is 6.87. The van der Waals surface area contributed by atoms with Crippen molar-refractivity contribution in [1.82, 2.24) is 9.88 Å². The summed E-state index contributed by atoms with van der Waals surface area (Å²) in [4.78, 5) is 31.6. The standard InChI is InChI=1S/C22H16Cl2N2O4/c1-12-4-7-17(30-12)20(27)18-19(14-5-6-15(23)16(24)9-14)26(22(29)21(18)28)11-13-3-2-8-25-10-13/h2-10,19,28H,11H2,1H3/t19-/m0/s1. The molecule has 6 nitrogen and oxygen atoms in total. The van der Waals surface area contributed by atoms with Crippen molar-refractivity contribution in [3.8, 4) is 0 Å². The third-order valence-electron chi connectivity index (χ3n) is 4.85. The molecule has 0 bridgehead atoms. The highest BCUT2D eigenvalue weighted by atomic mass is 35.5. The smallest absolute Gasteiger partial charge is 0.290 e. The monoisotopic (exact) mass is 442 g/mol. The number of furan rings is 1. The molecule has 1 N–H and O–H groups in total. The number of aromatic nitrogens is 1. The number of carbonyl (C=O) groups is 2. The van der Waals surface area contributed by atoms with Crippen LogP contribution in [0.2, 0.25) is 10.0 Å². The maximum Gasteiger partial charge on any atom is 0.290 e. The van der Waals surface area contributed by atoms with Gasteiger partial charge in [-0.3, -0.25) is 14.6 Å². The fourth-order valence-corrected chi connectivity index (χ4v) is 3.76. The first-order valence-electron chi connectivity index (χ1n) is 9.06. The zero-order valence-corrected chi connectivity index (χ0v) is 17.3. The van der Waals surface area contributed by atoms with Crippen molar-refractivity contribution in [2.75, 3.05) is 0 Å². The van der Waals surface area contributed by atoms with Crippen molar-refractivity contribution in [2.45, 2.75) is 19.5 Å². The number of hydrogen-bond acceptors (Lipinski definition) is 5. The number of ketones is 1. The number of benzene rings is 1. The van der Waals surface area contributed by atoms with E-state index in [0.29, 0.717) is 16.3 Å². The lowest BCUT2D eigenvalue weighted by molar-refractivity contribution is -0.130. The Hall–Kier alpha value is -3.09. The van der Waals surface area contributed by atoms with Crippen molar-refractivity contribution in [3.05, 3.63) is 98.9 Å². The molecule has 4 rings (SSSR count). The minimum atomic E-state index is -0.870. The van der Waals surface area contributed by atoms with E-state index in [1.807, 2.05) is 0 Å². The van der Waals surface area contributed by atoms with Crippen LogP contribution in [-0.2, 0) is 11.3 Å². The zero-order valence-electron chi connectivity index (χ0n) is 15.8. The maximum absolute atomic E-state index is 13.2. The highest BCUT2D eigenvalue weighted by Gasteiger charge is 2.44. The Balaban J connectivity index is 1.82. The van der Waals surface area contributed by atoms with Gasteiger partial charge in [-0.15, -0.1) is 0 Å². The number of aliphatic hydroxyl groups is 1. The number of pyridine rings is 1. The molecule has 0 radical (unpaired) electrons. The number of hydrogen-bond donors (Lipinski definition) is 1. The van der Waals surface area contributed by atoms with Crippen LogP contribution in [0.4, 0.5) is 0 Å². The van der Waals surface area contributed by atoms with E-state index < -0.39 is 23.5 Å². The molecular formula is C22H16Cl2N2O4. The Morgan fingerprint density at radius 2 is 2.00 bits per heavy atom. The summed E-state index contributed by atoms with van der Waals surface area (Å²) in [6.07, 6.45) is 3.24. The lowest BCUT2D eigenvalue weighted by Gasteiger charge is -2.27. The average Bonchev–Trinajstić information content (AvgIpc) is 3.27. The van der Waals surface area contributed by atoms with Crippen LogP contribution in [0.1, 0.15) is 33.5 Å². The van der Waals surface area contributed by atoms with Gasteiger partial charge in [0.1, 0.15) is 5.76 Å². The number of amides is 1. The van der Waals surface area contributed by atoms with E-state index in [9.17, 15) is 14.7 Å². The van der Waals surface area contributed by atoms with Crippen molar-refractivity contribution in [1.29, 1.82) is 0 Å². The van der Waals surface area contributed by atoms with Gasteiger partial charge in [0.2, 0.25) is 5.78 Å². The summed E-state index contributed by atoms with van der Waals surface area (Å²) in [5.41, 5.74) is 1.21. The molecule has 0 saturated carbocycles. The number of nitrogens with zero attached hydrogens (tertiary/aromatic N) is 2. The Labute approximate surface area is 182 Å². The number of Topliss-reactive ketones (excluding diaryl/α,β-unsaturated/α-hetero) is 1. The van der Waals surface area contributed by atoms with Crippen molar-refractivity contribution < 1.29 is 19.1 Å². The average molecular weight is 443 g/mol. The van der Waals surface area contributed by atoms with E-state index in [2.05, 4.69) is 4.98 Å². The summed E-state index contributed by atoms with van der Waals surface area (Å²) in [6, 6.07) is 10.7. The third-order valence-corrected chi connectivity index (χ3v) is 5.59. The van der Waals surface area contributed by atoms with E-state index in [4.69, 9.17) is 27.6 Å². The second-order valence-corrected chi connectivity index (χ2v) is 7.69. The summed E-state index contributed by atoms with van der Waals surface area (Å²) in [5, 5.41) is 11.3. The molecule has 30 heavy (non-hydrogen) atoms. The fourth-order valence-electron chi connectivity index (χ4n) is 3.46. The number of aryl methyl sites for hydroxylation is 1. The van der Waals surface area contributed by atoms with Crippen LogP contribution in [0.25, 0.3) is 0 Å². The lowest BCUT2D eigenvalue weighted by Crippen LogP contribution is -2.30. The molecular weight excluding hydrogens is 427 g/mol. The van der Waals surface area contributed by atoms with Crippen molar-refractivity contribution in [3.63, 3.8) is 0 Å². The van der Waals surface area contributed by atoms with Crippen LogP contribution in [0, 0.1) is 6.92 Å². The molecule has 2 aromatic heterocycles. The topological polar surface area (TPSA) is 83.6 Å². The maximum atomic E-state index is 13.2. The van der Waals surface area contributed by atoms with Crippen LogP contribution >= 0.6 is 23.2 Å². The molecule has 8 heteroatoms. The first-order chi connectivity index (χ1) is 14.4. The van der Waals surface area contributed by atoms with E-state index in [-0.39, 0.29) is 22.9 Å². The quantitative estimate of drug-likeness (QED) is 0.557. The van der Waals surface area contributed by atoms with Crippen molar-refractivity contribution >= 4 is 34.9 Å². The molecule has 1 aliphatic rings. The summed E-state index contributed by atoms with van der Waals surface area (Å²) in [5.74, 6) is -1.27. The molecule has 1 atom stereocenters. The molecule has 1 aromatic carbocycles. The molecule has 1 aliphatic heterocycles. The third kappa shape index (κ3) is 3.60. The van der Waals surface area contributed by atoms with E-state index >= 15 is 0 Å². The van der Waals surface area contributed by atoms with E-state index in [0.717, 1.165) is 5.56 Å². The predicted molar refractivity (Wildman–Crippen MR) is 111 cm³/mol. The zero-order chi connectivity index (χ0) is 21.4. The minimum absolute atomic E-state index is 0.0372. The number of halogens is 2. The normalized spacial score (nSPS) is 16.4. The first kappa shape index (κ1) is 20.2. The highest BCUT2D eigenvalue weighted by Crippen LogP contribution is 2.41. The SMILES string of the molecule is Cc1ccc(C(=O)C2=C(O)C(=O)N(Cc3cccnc3)[C@H]2c2ccc(Cl)c(Cl)c2)o1. The molecule has 0 saturated heterocycles. The van der Waals surface area contributed by atoms with Gasteiger partial charge in [0.15, 0.2) is 11.5 Å². The molecule has 0 aliphatic carbocycles. The van der Waals surface area contributed by atoms with Gasteiger partial charge in [-0.25, -0.2) is 0 Å². The Kier molecular flexibility index (Phi) is 5.37. The first-order valence-corrected chi connectivity index (χ1v) is 9.81. The van der Waals surface area contributed by atoms with Gasteiger partial charge in [0.25, 0.3) is 5.91 Å². The predicted octanol–water partition coefficient (Wildman–Crippen LogP) is 5.07. The molecule has 3 heterocycles. The van der Waals surface area contributed by atoms with E-state index in [1.54, 1.807) is 55.7 Å². The Morgan fingerprint density at radius 1 is 1.20 bits per heavy atom. The summed E-state index contributed by atoms with van der Waals surface area (Å²) < 4.78 is 5.44. The number of aliphatic hydroxyl groups excluding tert-OH is 1. The summed E-state index contributed by atoms with van der Waals surface area (Å²) in [7, 11) is 0. The molecule has 1 amide bonds. The van der Waals surface area contributed by atoms with Crippen LogP contribution in [0.3, 0.4) is 0 Å². The molecule has 0 fully saturated rings. The highest BCUT2D eigenvalue weighted by molar-refractivity contribution is 6.42.